The molecule has 2 amide bonds. The fourth-order valence-corrected chi connectivity index (χ4v) is 3.31. The number of piperidine rings is 1. The maximum Gasteiger partial charge on any atom is 0.245 e. The average Bonchev–Trinajstić information content (AvgIpc) is 2.90. The largest absolute Gasteiger partial charge is 0.373 e. The topological polar surface area (TPSA) is 75.4 Å². The van der Waals surface area contributed by atoms with E-state index in [0.717, 1.165) is 38.0 Å². The van der Waals surface area contributed by atoms with Crippen LogP contribution in [0, 0.1) is 5.92 Å². The number of nitrogens with zero attached hydrogens (tertiary/aromatic N) is 1. The predicted octanol–water partition coefficient (Wildman–Crippen LogP) is 1.14. The van der Waals surface area contributed by atoms with E-state index < -0.39 is 0 Å². The van der Waals surface area contributed by atoms with Crippen molar-refractivity contribution < 1.29 is 9.59 Å². The van der Waals surface area contributed by atoms with E-state index in [1.54, 1.807) is 0 Å². The normalized spacial score (nSPS) is 21.7. The zero-order valence-corrected chi connectivity index (χ0v) is 12.0. The van der Waals surface area contributed by atoms with Crippen LogP contribution in [0.25, 0.3) is 0 Å². The van der Waals surface area contributed by atoms with Crippen molar-refractivity contribution in [3.8, 4) is 0 Å². The molecule has 2 aliphatic rings. The van der Waals surface area contributed by atoms with Crippen molar-refractivity contribution in [2.24, 2.45) is 11.7 Å². The Bertz CT molecular complexity index is 525. The molecule has 1 aromatic rings. The van der Waals surface area contributed by atoms with E-state index in [4.69, 9.17) is 5.73 Å². The molecular weight excluding hydrogens is 266 g/mol. The lowest BCUT2D eigenvalue weighted by Crippen LogP contribution is -2.46. The van der Waals surface area contributed by atoms with Gasteiger partial charge in [-0.2, -0.15) is 0 Å². The van der Waals surface area contributed by atoms with Crippen LogP contribution in [0.5, 0.6) is 0 Å². The molecule has 1 unspecified atom stereocenters. The van der Waals surface area contributed by atoms with Gasteiger partial charge in [0.25, 0.3) is 0 Å². The minimum atomic E-state index is -0.243. The number of nitrogens with one attached hydrogen (secondary N) is 1. The average molecular weight is 287 g/mol. The number of nitrogens with two attached hydrogens (primary N) is 1. The highest BCUT2D eigenvalue weighted by atomic mass is 16.2. The fourth-order valence-electron chi connectivity index (χ4n) is 3.31. The Labute approximate surface area is 124 Å². The number of primary amides is 1. The zero-order chi connectivity index (χ0) is 14.8. The van der Waals surface area contributed by atoms with Crippen LogP contribution in [-0.4, -0.2) is 35.8 Å². The second-order valence-corrected chi connectivity index (χ2v) is 6.00. The first-order chi connectivity index (χ1) is 10.1. The monoisotopic (exact) mass is 287 g/mol. The van der Waals surface area contributed by atoms with Crippen molar-refractivity contribution in [2.45, 2.75) is 31.7 Å². The van der Waals surface area contributed by atoms with Gasteiger partial charge in [-0.25, -0.2) is 0 Å². The van der Waals surface area contributed by atoms with E-state index in [1.807, 2.05) is 23.1 Å². The molecule has 0 radical (unpaired) electrons. The third-order valence-corrected chi connectivity index (χ3v) is 4.49. The predicted molar refractivity (Wildman–Crippen MR) is 80.7 cm³/mol. The quantitative estimate of drug-likeness (QED) is 0.875. The maximum absolute atomic E-state index is 12.6. The molecule has 2 aliphatic heterocycles. The van der Waals surface area contributed by atoms with Crippen molar-refractivity contribution >= 4 is 17.5 Å². The van der Waals surface area contributed by atoms with Gasteiger partial charge in [-0.15, -0.1) is 0 Å². The summed E-state index contributed by atoms with van der Waals surface area (Å²) in [5, 5.41) is 3.31. The summed E-state index contributed by atoms with van der Waals surface area (Å²) in [7, 11) is 0. The summed E-state index contributed by atoms with van der Waals surface area (Å²) in [6.45, 7) is 1.45. The Morgan fingerprint density at radius 2 is 1.95 bits per heavy atom. The van der Waals surface area contributed by atoms with E-state index in [0.29, 0.717) is 12.3 Å². The van der Waals surface area contributed by atoms with Gasteiger partial charge >= 0.3 is 0 Å². The van der Waals surface area contributed by atoms with Crippen molar-refractivity contribution in [3.63, 3.8) is 0 Å². The summed E-state index contributed by atoms with van der Waals surface area (Å²) in [4.78, 5) is 25.4. The molecule has 5 heteroatoms. The SMILES string of the molecule is NC(=O)CC1CCN(C(=O)C2Cc3ccccc3N2)CC1. The number of amides is 2. The second kappa shape index (κ2) is 5.76. The standard InChI is InChI=1S/C16H21N3O2/c17-15(20)9-11-5-7-19(8-6-11)16(21)14-10-12-3-1-2-4-13(12)18-14/h1-4,11,14,18H,5-10H2,(H2,17,20). The van der Waals surface area contributed by atoms with Gasteiger partial charge < -0.3 is 16.0 Å². The van der Waals surface area contributed by atoms with E-state index in [-0.39, 0.29) is 17.9 Å². The van der Waals surface area contributed by atoms with Gasteiger partial charge in [0.2, 0.25) is 11.8 Å². The number of benzene rings is 1. The molecule has 21 heavy (non-hydrogen) atoms. The molecule has 112 valence electrons. The van der Waals surface area contributed by atoms with Crippen LogP contribution in [0.1, 0.15) is 24.8 Å². The van der Waals surface area contributed by atoms with E-state index in [1.165, 1.54) is 5.56 Å². The third-order valence-electron chi connectivity index (χ3n) is 4.49. The van der Waals surface area contributed by atoms with Gasteiger partial charge in [-0.05, 0) is 30.4 Å². The molecule has 3 rings (SSSR count). The van der Waals surface area contributed by atoms with Crippen LogP contribution < -0.4 is 11.1 Å². The molecular formula is C16H21N3O2. The molecule has 5 nitrogen and oxygen atoms in total. The van der Waals surface area contributed by atoms with Crippen LogP contribution in [0.2, 0.25) is 0 Å². The summed E-state index contributed by atoms with van der Waals surface area (Å²) in [5.41, 5.74) is 7.51. The smallest absolute Gasteiger partial charge is 0.245 e. The number of likely N-dealkylation sites (tertiary alicyclic amines) is 1. The number of anilines is 1. The number of carbonyl (C=O) groups excluding carboxylic acids is 2. The first-order valence-corrected chi connectivity index (χ1v) is 7.55. The molecule has 3 N–H and O–H groups in total. The Kier molecular flexibility index (Phi) is 3.82. The van der Waals surface area contributed by atoms with Gasteiger partial charge in [-0.3, -0.25) is 9.59 Å². The van der Waals surface area contributed by atoms with Gasteiger partial charge in [-0.1, -0.05) is 18.2 Å². The summed E-state index contributed by atoms with van der Waals surface area (Å²) in [5.74, 6) is 0.261. The van der Waals surface area contributed by atoms with Crippen LogP contribution in [0.4, 0.5) is 5.69 Å². The van der Waals surface area contributed by atoms with Gasteiger partial charge in [0.1, 0.15) is 6.04 Å². The molecule has 0 saturated carbocycles. The minimum Gasteiger partial charge on any atom is -0.373 e. The molecule has 2 heterocycles. The number of rotatable bonds is 3. The van der Waals surface area contributed by atoms with Gasteiger partial charge in [0.05, 0.1) is 0 Å². The van der Waals surface area contributed by atoms with Crippen molar-refractivity contribution in [1.82, 2.24) is 4.90 Å². The van der Waals surface area contributed by atoms with Crippen LogP contribution in [0.15, 0.2) is 24.3 Å². The number of para-hydroxylation sites is 1. The van der Waals surface area contributed by atoms with Crippen LogP contribution >= 0.6 is 0 Å². The van der Waals surface area contributed by atoms with E-state index in [2.05, 4.69) is 11.4 Å². The molecule has 1 saturated heterocycles. The Hall–Kier alpha value is -2.04. The molecule has 0 aliphatic carbocycles. The Balaban J connectivity index is 1.55. The highest BCUT2D eigenvalue weighted by molar-refractivity contribution is 5.87. The van der Waals surface area contributed by atoms with Crippen LogP contribution in [0.3, 0.4) is 0 Å². The lowest BCUT2D eigenvalue weighted by molar-refractivity contribution is -0.133. The van der Waals surface area contributed by atoms with Crippen LogP contribution in [-0.2, 0) is 16.0 Å². The molecule has 0 aromatic heterocycles. The lowest BCUT2D eigenvalue weighted by atomic mass is 9.93. The Morgan fingerprint density at radius 3 is 2.62 bits per heavy atom. The Morgan fingerprint density at radius 1 is 1.24 bits per heavy atom. The maximum atomic E-state index is 12.6. The summed E-state index contributed by atoms with van der Waals surface area (Å²) < 4.78 is 0. The molecule has 0 bridgehead atoms. The second-order valence-electron chi connectivity index (χ2n) is 6.00. The lowest BCUT2D eigenvalue weighted by Gasteiger charge is -2.33. The van der Waals surface area contributed by atoms with Gasteiger partial charge in [0, 0.05) is 31.6 Å². The molecule has 1 fully saturated rings. The fraction of sp³-hybridized carbons (Fsp3) is 0.500. The van der Waals surface area contributed by atoms with Crippen molar-refractivity contribution in [2.75, 3.05) is 18.4 Å². The highest BCUT2D eigenvalue weighted by Gasteiger charge is 2.32. The van der Waals surface area contributed by atoms with E-state index >= 15 is 0 Å². The number of fused-ring (bicyclic) bond motifs is 1. The summed E-state index contributed by atoms with van der Waals surface area (Å²) in [6.07, 6.45) is 2.94. The first-order valence-electron chi connectivity index (χ1n) is 7.55. The van der Waals surface area contributed by atoms with E-state index in [9.17, 15) is 9.59 Å². The number of hydrogen-bond donors (Lipinski definition) is 2. The third kappa shape index (κ3) is 3.01. The van der Waals surface area contributed by atoms with Crippen molar-refractivity contribution in [3.05, 3.63) is 29.8 Å². The molecule has 0 spiro atoms. The van der Waals surface area contributed by atoms with Gasteiger partial charge in [0.15, 0.2) is 0 Å². The number of carbonyl (C=O) groups is 2. The molecule has 1 aromatic carbocycles. The van der Waals surface area contributed by atoms with Crippen molar-refractivity contribution in [1.29, 1.82) is 0 Å². The summed E-state index contributed by atoms with van der Waals surface area (Å²) in [6, 6.07) is 7.92. The first kappa shape index (κ1) is 13.9. The number of hydrogen-bond acceptors (Lipinski definition) is 3. The highest BCUT2D eigenvalue weighted by Crippen LogP contribution is 2.27. The molecule has 1 atom stereocenters. The summed E-state index contributed by atoms with van der Waals surface area (Å²) >= 11 is 0. The zero-order valence-electron chi connectivity index (χ0n) is 12.0. The minimum absolute atomic E-state index is 0.143.